The first-order valence-corrected chi connectivity index (χ1v) is 8.29. The van der Waals surface area contributed by atoms with E-state index in [0.717, 1.165) is 0 Å². The summed E-state index contributed by atoms with van der Waals surface area (Å²) in [6.45, 7) is 6.55. The van der Waals surface area contributed by atoms with Crippen molar-refractivity contribution in [2.75, 3.05) is 5.32 Å². The topological polar surface area (TPSA) is 59.3 Å². The number of rotatable bonds is 3. The van der Waals surface area contributed by atoms with E-state index in [1.165, 1.54) is 33.0 Å². The van der Waals surface area contributed by atoms with Crippen LogP contribution in [0.4, 0.5) is 5.13 Å². The average molecular weight is 320 g/mol. The van der Waals surface area contributed by atoms with E-state index in [0.29, 0.717) is 10.1 Å². The predicted molar refractivity (Wildman–Crippen MR) is 87.3 cm³/mol. The van der Waals surface area contributed by atoms with Crippen LogP contribution in [0.3, 0.4) is 0 Å². The van der Waals surface area contributed by atoms with Crippen LogP contribution in [0.2, 0.25) is 0 Å². The molecular weight excluding hydrogens is 304 g/mol. The second-order valence-electron chi connectivity index (χ2n) is 5.84. The molecular formula is C14H16N4OS2. The van der Waals surface area contributed by atoms with Gasteiger partial charge in [-0.15, -0.1) is 16.4 Å². The zero-order chi connectivity index (χ0) is 15.0. The van der Waals surface area contributed by atoms with Crippen molar-refractivity contribution in [1.29, 1.82) is 0 Å². The number of hydrogen-bond acceptors (Lipinski definition) is 6. The van der Waals surface area contributed by atoms with Crippen molar-refractivity contribution < 1.29 is 0 Å². The maximum absolute atomic E-state index is 11.7. The lowest BCUT2D eigenvalue weighted by atomic mass is 9.86. The van der Waals surface area contributed by atoms with Crippen LogP contribution < -0.4 is 10.9 Å². The lowest BCUT2D eigenvalue weighted by Crippen LogP contribution is -2.25. The summed E-state index contributed by atoms with van der Waals surface area (Å²) in [5.41, 5.74) is -0.131. The van der Waals surface area contributed by atoms with Crippen LogP contribution in [0.15, 0.2) is 34.6 Å². The van der Waals surface area contributed by atoms with Crippen molar-refractivity contribution in [3.05, 3.63) is 45.0 Å². The molecule has 0 radical (unpaired) electrons. The van der Waals surface area contributed by atoms with Crippen molar-refractivity contribution in [2.24, 2.45) is 5.41 Å². The average Bonchev–Trinajstić information content (AvgIpc) is 3.04. The third-order valence-corrected chi connectivity index (χ3v) is 4.92. The molecule has 110 valence electrons. The monoisotopic (exact) mass is 320 g/mol. The zero-order valence-electron chi connectivity index (χ0n) is 12.0. The van der Waals surface area contributed by atoms with E-state index >= 15 is 0 Å². The fraction of sp³-hybridized carbons (Fsp3) is 0.357. The Morgan fingerprint density at radius 2 is 2.14 bits per heavy atom. The molecule has 0 aliphatic carbocycles. The molecule has 1 atom stereocenters. The fourth-order valence-corrected chi connectivity index (χ4v) is 3.92. The maximum atomic E-state index is 11.7. The minimum absolute atomic E-state index is 0.0289. The van der Waals surface area contributed by atoms with Gasteiger partial charge in [-0.25, -0.2) is 4.98 Å². The zero-order valence-corrected chi connectivity index (χ0v) is 13.7. The number of hydrogen-bond donors (Lipinski definition) is 1. The molecule has 0 saturated heterocycles. The Bertz CT molecular complexity index is 798. The van der Waals surface area contributed by atoms with Gasteiger partial charge in [0, 0.05) is 17.1 Å². The molecule has 21 heavy (non-hydrogen) atoms. The number of fused-ring (bicyclic) bond motifs is 1. The van der Waals surface area contributed by atoms with Gasteiger partial charge in [0.2, 0.25) is 10.1 Å². The molecule has 0 saturated carbocycles. The largest absolute Gasteiger partial charge is 0.352 e. The van der Waals surface area contributed by atoms with Gasteiger partial charge in [-0.05, 0) is 16.9 Å². The molecule has 0 aliphatic rings. The minimum atomic E-state index is -0.160. The molecule has 0 aliphatic heterocycles. The molecule has 0 amide bonds. The Hall–Kier alpha value is -1.73. The summed E-state index contributed by atoms with van der Waals surface area (Å²) >= 11 is 3.10. The van der Waals surface area contributed by atoms with Crippen LogP contribution in [0, 0.1) is 5.41 Å². The molecule has 5 nitrogen and oxygen atoms in total. The number of aromatic nitrogens is 3. The van der Waals surface area contributed by atoms with Gasteiger partial charge in [0.25, 0.3) is 5.56 Å². The first-order chi connectivity index (χ1) is 9.95. The van der Waals surface area contributed by atoms with Gasteiger partial charge in [-0.2, -0.15) is 4.52 Å². The van der Waals surface area contributed by atoms with Crippen LogP contribution in [-0.4, -0.2) is 14.6 Å². The Kier molecular flexibility index (Phi) is 3.54. The molecule has 1 N–H and O–H groups in total. The van der Waals surface area contributed by atoms with Crippen LogP contribution in [0.5, 0.6) is 0 Å². The molecule has 0 fully saturated rings. The summed E-state index contributed by atoms with van der Waals surface area (Å²) in [4.78, 5) is 17.8. The van der Waals surface area contributed by atoms with Crippen molar-refractivity contribution in [3.8, 4) is 0 Å². The van der Waals surface area contributed by atoms with Crippen molar-refractivity contribution in [3.63, 3.8) is 0 Å². The van der Waals surface area contributed by atoms with Crippen LogP contribution in [0.1, 0.15) is 31.7 Å². The normalized spacial score (nSPS) is 13.5. The van der Waals surface area contributed by atoms with E-state index in [9.17, 15) is 4.79 Å². The summed E-state index contributed by atoms with van der Waals surface area (Å²) in [5, 5.41) is 10.6. The van der Waals surface area contributed by atoms with Crippen molar-refractivity contribution >= 4 is 32.8 Å². The molecule has 0 bridgehead atoms. The van der Waals surface area contributed by atoms with E-state index in [1.54, 1.807) is 11.3 Å². The number of thiophene rings is 1. The second kappa shape index (κ2) is 5.23. The quantitative estimate of drug-likeness (QED) is 0.803. The smallest absolute Gasteiger partial charge is 0.275 e. The molecule has 1 unspecified atom stereocenters. The van der Waals surface area contributed by atoms with Gasteiger partial charge in [0.1, 0.15) is 0 Å². The molecule has 3 aromatic rings. The highest BCUT2D eigenvalue weighted by molar-refractivity contribution is 7.20. The second-order valence-corrected chi connectivity index (χ2v) is 7.78. The van der Waals surface area contributed by atoms with E-state index < -0.39 is 0 Å². The standard InChI is InChI=1S/C14H16N4OS2/c1-14(2,3)11(9-5-4-8-20-9)16-12-17-18-10(19)6-7-15-13(18)21-12/h4-8,11H,1-3H3,(H,16,17). The predicted octanol–water partition coefficient (Wildman–Crippen LogP) is 3.41. The first kappa shape index (κ1) is 14.2. The van der Waals surface area contributed by atoms with Crippen molar-refractivity contribution in [2.45, 2.75) is 26.8 Å². The Balaban J connectivity index is 1.98. The van der Waals surface area contributed by atoms with Gasteiger partial charge < -0.3 is 5.32 Å². The lowest BCUT2D eigenvalue weighted by Gasteiger charge is -2.30. The number of nitrogens with zero attached hydrogens (tertiary/aromatic N) is 3. The summed E-state index contributed by atoms with van der Waals surface area (Å²) in [6.07, 6.45) is 1.51. The Labute approximate surface area is 130 Å². The summed E-state index contributed by atoms with van der Waals surface area (Å²) in [5.74, 6) is 0. The molecule has 0 aromatic carbocycles. The van der Waals surface area contributed by atoms with Gasteiger partial charge in [0.05, 0.1) is 6.04 Å². The number of nitrogens with one attached hydrogen (secondary N) is 1. The highest BCUT2D eigenvalue weighted by Crippen LogP contribution is 2.38. The van der Waals surface area contributed by atoms with Gasteiger partial charge in [0.15, 0.2) is 0 Å². The van der Waals surface area contributed by atoms with E-state index in [1.807, 2.05) is 6.07 Å². The summed E-state index contributed by atoms with van der Waals surface area (Å²) in [7, 11) is 0. The Morgan fingerprint density at radius 3 is 2.76 bits per heavy atom. The molecule has 3 aromatic heterocycles. The third kappa shape index (κ3) is 2.84. The maximum Gasteiger partial charge on any atom is 0.275 e. The molecule has 3 rings (SSSR count). The fourth-order valence-electron chi connectivity index (χ4n) is 2.10. The van der Waals surface area contributed by atoms with Crippen molar-refractivity contribution in [1.82, 2.24) is 14.6 Å². The third-order valence-electron chi connectivity index (χ3n) is 3.13. The molecule has 3 heterocycles. The van der Waals surface area contributed by atoms with Gasteiger partial charge in [-0.3, -0.25) is 4.79 Å². The SMILES string of the molecule is CC(C)(C)C(Nc1nn2c(=O)ccnc2s1)c1cccs1. The molecule has 7 heteroatoms. The highest BCUT2D eigenvalue weighted by atomic mass is 32.1. The van der Waals surface area contributed by atoms with E-state index in [4.69, 9.17) is 0 Å². The van der Waals surface area contributed by atoms with E-state index in [-0.39, 0.29) is 17.0 Å². The lowest BCUT2D eigenvalue weighted by molar-refractivity contribution is 0.351. The first-order valence-electron chi connectivity index (χ1n) is 6.60. The van der Waals surface area contributed by atoms with Crippen LogP contribution in [-0.2, 0) is 0 Å². The number of anilines is 1. The summed E-state index contributed by atoms with van der Waals surface area (Å²) in [6, 6.07) is 5.71. The highest BCUT2D eigenvalue weighted by Gasteiger charge is 2.28. The molecule has 0 spiro atoms. The van der Waals surface area contributed by atoms with Crippen LogP contribution >= 0.6 is 22.7 Å². The Morgan fingerprint density at radius 1 is 1.33 bits per heavy atom. The van der Waals surface area contributed by atoms with Crippen LogP contribution in [0.25, 0.3) is 4.96 Å². The van der Waals surface area contributed by atoms with E-state index in [2.05, 4.69) is 47.6 Å². The van der Waals surface area contributed by atoms with Gasteiger partial charge >= 0.3 is 0 Å². The van der Waals surface area contributed by atoms with Gasteiger partial charge in [-0.1, -0.05) is 38.2 Å². The summed E-state index contributed by atoms with van der Waals surface area (Å²) < 4.78 is 1.33. The minimum Gasteiger partial charge on any atom is -0.352 e.